The fourth-order valence-corrected chi connectivity index (χ4v) is 5.32. The molecule has 2 heterocycles. The second kappa shape index (κ2) is 11.8. The van der Waals surface area contributed by atoms with Gasteiger partial charge in [0.2, 0.25) is 5.89 Å². The molecule has 0 bridgehead atoms. The Morgan fingerprint density at radius 2 is 1.85 bits per heavy atom. The number of nitrogens with one attached hydrogen (secondary N) is 1. The van der Waals surface area contributed by atoms with Crippen molar-refractivity contribution in [3.05, 3.63) is 149 Å². The van der Waals surface area contributed by atoms with Crippen LogP contribution < -0.4 is 10.1 Å². The Morgan fingerprint density at radius 1 is 1.02 bits per heavy atom. The number of carbonyl (C=O) groups is 1. The Balaban J connectivity index is 1.19. The maximum atomic E-state index is 14.6. The number of carbonyl (C=O) groups excluding carboxylic acids is 1. The van der Waals surface area contributed by atoms with Crippen LogP contribution in [0.15, 0.2) is 108 Å². The van der Waals surface area contributed by atoms with Crippen molar-refractivity contribution in [2.45, 2.75) is 32.5 Å². The number of amides is 1. The number of halogens is 1. The normalized spacial score (nSPS) is 14.8. The number of aromatic nitrogens is 1. The molecule has 1 aliphatic rings. The smallest absolute Gasteiger partial charge is 0.277 e. The number of anilines is 1. The lowest BCUT2D eigenvalue weighted by Gasteiger charge is -2.38. The zero-order valence-electron chi connectivity index (χ0n) is 22.7. The van der Waals surface area contributed by atoms with E-state index in [2.05, 4.69) is 39.5 Å². The number of aryl methyl sites for hydroxylation is 1. The fraction of sp³-hybridized carbons (Fsp3) is 0.176. The molecule has 1 N–H and O–H groups in total. The van der Waals surface area contributed by atoms with Gasteiger partial charge in [-0.3, -0.25) is 9.69 Å². The van der Waals surface area contributed by atoms with Crippen LogP contribution in [0.1, 0.15) is 50.2 Å². The van der Waals surface area contributed by atoms with Gasteiger partial charge in [0, 0.05) is 24.3 Å². The summed E-state index contributed by atoms with van der Waals surface area (Å²) in [4.78, 5) is 19.3. The molecule has 206 valence electrons. The van der Waals surface area contributed by atoms with Gasteiger partial charge in [-0.15, -0.1) is 0 Å². The molecule has 1 aliphatic heterocycles. The molecule has 4 aromatic carbocycles. The van der Waals surface area contributed by atoms with Crippen LogP contribution in [0.2, 0.25) is 0 Å². The molecule has 1 amide bonds. The van der Waals surface area contributed by atoms with Crippen molar-refractivity contribution < 1.29 is 18.3 Å². The standard InChI is InChI=1S/C34H30FN3O3/c1-23-8-7-12-27(18-23)36-34(39)31-21-41-32(37-31)22-40-28-15-14-24-16-17-38(20-26-11-5-6-13-30(26)35)33(29(24)19-28)25-9-3-2-4-10-25/h2-15,18-19,21,33H,16-17,20,22H2,1H3,(H,36,39). The van der Waals surface area contributed by atoms with Gasteiger partial charge < -0.3 is 14.5 Å². The van der Waals surface area contributed by atoms with Crippen molar-refractivity contribution in [1.29, 1.82) is 0 Å². The molecule has 0 radical (unpaired) electrons. The molecule has 6 rings (SSSR count). The van der Waals surface area contributed by atoms with Gasteiger partial charge in [0.05, 0.1) is 6.04 Å². The molecule has 41 heavy (non-hydrogen) atoms. The van der Waals surface area contributed by atoms with E-state index in [4.69, 9.17) is 9.15 Å². The van der Waals surface area contributed by atoms with E-state index in [9.17, 15) is 9.18 Å². The lowest BCUT2D eigenvalue weighted by atomic mass is 9.87. The van der Waals surface area contributed by atoms with Crippen LogP contribution in [-0.4, -0.2) is 22.3 Å². The number of hydrogen-bond acceptors (Lipinski definition) is 5. The third-order valence-corrected chi connectivity index (χ3v) is 7.31. The second-order valence-corrected chi connectivity index (χ2v) is 10.2. The Bertz CT molecular complexity index is 1670. The Morgan fingerprint density at radius 3 is 2.68 bits per heavy atom. The fourth-order valence-electron chi connectivity index (χ4n) is 5.32. The minimum atomic E-state index is -0.347. The van der Waals surface area contributed by atoms with Gasteiger partial charge in [-0.05, 0) is 65.9 Å². The summed E-state index contributed by atoms with van der Waals surface area (Å²) >= 11 is 0. The highest BCUT2D eigenvalue weighted by atomic mass is 19.1. The van der Waals surface area contributed by atoms with Crippen molar-refractivity contribution in [3.8, 4) is 5.75 Å². The monoisotopic (exact) mass is 547 g/mol. The van der Waals surface area contributed by atoms with E-state index in [1.165, 1.54) is 17.9 Å². The molecule has 0 saturated heterocycles. The lowest BCUT2D eigenvalue weighted by molar-refractivity contribution is 0.102. The first-order chi connectivity index (χ1) is 20.0. The summed E-state index contributed by atoms with van der Waals surface area (Å²) < 4.78 is 26.2. The molecule has 0 spiro atoms. The summed E-state index contributed by atoms with van der Waals surface area (Å²) in [5.74, 6) is 0.430. The Labute approximate surface area is 238 Å². The number of benzene rings is 4. The average molecular weight is 548 g/mol. The summed E-state index contributed by atoms with van der Waals surface area (Å²) in [5, 5.41) is 2.84. The molecule has 1 atom stereocenters. The molecule has 0 fully saturated rings. The summed E-state index contributed by atoms with van der Waals surface area (Å²) in [6.07, 6.45) is 2.19. The maximum absolute atomic E-state index is 14.6. The number of rotatable bonds is 8. The molecule has 0 saturated carbocycles. The van der Waals surface area contributed by atoms with Gasteiger partial charge in [-0.1, -0.05) is 66.7 Å². The van der Waals surface area contributed by atoms with E-state index in [0.29, 0.717) is 29.4 Å². The first-order valence-electron chi connectivity index (χ1n) is 13.6. The predicted molar refractivity (Wildman–Crippen MR) is 155 cm³/mol. The molecule has 0 aliphatic carbocycles. The summed E-state index contributed by atoms with van der Waals surface area (Å²) in [5.41, 5.74) is 6.11. The van der Waals surface area contributed by atoms with Crippen LogP contribution in [-0.2, 0) is 19.6 Å². The van der Waals surface area contributed by atoms with Gasteiger partial charge in [-0.2, -0.15) is 0 Å². The Hall–Kier alpha value is -4.75. The highest BCUT2D eigenvalue weighted by molar-refractivity contribution is 6.02. The van der Waals surface area contributed by atoms with E-state index in [1.807, 2.05) is 67.6 Å². The largest absolute Gasteiger partial charge is 0.484 e. The topological polar surface area (TPSA) is 67.6 Å². The van der Waals surface area contributed by atoms with Gasteiger partial charge in [0.15, 0.2) is 12.3 Å². The number of oxazole rings is 1. The number of hydrogen-bond donors (Lipinski definition) is 1. The molecule has 1 unspecified atom stereocenters. The second-order valence-electron chi connectivity index (χ2n) is 10.2. The highest BCUT2D eigenvalue weighted by Gasteiger charge is 2.30. The van der Waals surface area contributed by atoms with E-state index in [-0.39, 0.29) is 30.1 Å². The van der Waals surface area contributed by atoms with Crippen LogP contribution in [0, 0.1) is 12.7 Å². The average Bonchev–Trinajstić information content (AvgIpc) is 3.47. The third kappa shape index (κ3) is 6.05. The number of fused-ring (bicyclic) bond motifs is 1. The summed E-state index contributed by atoms with van der Waals surface area (Å²) in [6, 6.07) is 30.8. The number of nitrogens with zero attached hydrogens (tertiary/aromatic N) is 2. The van der Waals surface area contributed by atoms with E-state index in [0.717, 1.165) is 29.7 Å². The van der Waals surface area contributed by atoms with E-state index >= 15 is 0 Å². The molecule has 7 heteroatoms. The van der Waals surface area contributed by atoms with Gasteiger partial charge >= 0.3 is 0 Å². The molecular formula is C34H30FN3O3. The third-order valence-electron chi connectivity index (χ3n) is 7.31. The highest BCUT2D eigenvalue weighted by Crippen LogP contribution is 2.38. The van der Waals surface area contributed by atoms with Crippen LogP contribution in [0.4, 0.5) is 10.1 Å². The van der Waals surface area contributed by atoms with Gasteiger partial charge in [0.1, 0.15) is 17.8 Å². The minimum absolute atomic E-state index is 0.0539. The molecule has 6 nitrogen and oxygen atoms in total. The predicted octanol–water partition coefficient (Wildman–Crippen LogP) is 7.10. The zero-order valence-corrected chi connectivity index (χ0v) is 22.7. The van der Waals surface area contributed by atoms with E-state index in [1.54, 1.807) is 6.07 Å². The minimum Gasteiger partial charge on any atom is -0.484 e. The summed E-state index contributed by atoms with van der Waals surface area (Å²) in [7, 11) is 0. The molecule has 5 aromatic rings. The van der Waals surface area contributed by atoms with Crippen LogP contribution >= 0.6 is 0 Å². The molecule has 1 aromatic heterocycles. The van der Waals surface area contributed by atoms with Gasteiger partial charge in [-0.25, -0.2) is 9.37 Å². The SMILES string of the molecule is Cc1cccc(NC(=O)c2coc(COc3ccc4c(c3)C(c3ccccc3)N(Cc3ccccc3F)CC4)n2)c1. The number of ether oxygens (including phenoxy) is 1. The Kier molecular flexibility index (Phi) is 7.60. The lowest BCUT2D eigenvalue weighted by Crippen LogP contribution is -2.36. The first-order valence-corrected chi connectivity index (χ1v) is 13.6. The quantitative estimate of drug-likeness (QED) is 0.224. The van der Waals surface area contributed by atoms with Gasteiger partial charge in [0.25, 0.3) is 5.91 Å². The van der Waals surface area contributed by atoms with Crippen molar-refractivity contribution in [1.82, 2.24) is 9.88 Å². The van der Waals surface area contributed by atoms with Crippen molar-refractivity contribution in [2.24, 2.45) is 0 Å². The maximum Gasteiger partial charge on any atom is 0.277 e. The van der Waals surface area contributed by atoms with Crippen LogP contribution in [0.3, 0.4) is 0 Å². The van der Waals surface area contributed by atoms with E-state index < -0.39 is 0 Å². The zero-order chi connectivity index (χ0) is 28.2. The van der Waals surface area contributed by atoms with Crippen LogP contribution in [0.25, 0.3) is 0 Å². The van der Waals surface area contributed by atoms with Crippen molar-refractivity contribution in [3.63, 3.8) is 0 Å². The molecular weight excluding hydrogens is 517 g/mol. The first kappa shape index (κ1) is 26.5. The van der Waals surface area contributed by atoms with Crippen molar-refractivity contribution in [2.75, 3.05) is 11.9 Å². The van der Waals surface area contributed by atoms with Crippen LogP contribution in [0.5, 0.6) is 5.75 Å². The van der Waals surface area contributed by atoms with Crippen molar-refractivity contribution >= 4 is 11.6 Å². The summed E-state index contributed by atoms with van der Waals surface area (Å²) in [6.45, 7) is 3.35.